The maximum atomic E-state index is 15.3. The molecule has 57 heavy (non-hydrogen) atoms. The summed E-state index contributed by atoms with van der Waals surface area (Å²) in [6, 6.07) is 14.2. The van der Waals surface area contributed by atoms with Gasteiger partial charge in [-0.25, -0.2) is 0 Å². The zero-order valence-corrected chi connectivity index (χ0v) is 35.4. The van der Waals surface area contributed by atoms with Crippen LogP contribution in [-0.2, 0) is 33.4 Å². The molecule has 3 aliphatic heterocycles. The highest BCUT2D eigenvalue weighted by atomic mass is 79.9. The number of esters is 1. The smallest absolute Gasteiger partial charge is 0.313 e. The van der Waals surface area contributed by atoms with Crippen molar-refractivity contribution < 1.29 is 38.5 Å². The van der Waals surface area contributed by atoms with E-state index < -0.39 is 64.5 Å². The number of amides is 3. The van der Waals surface area contributed by atoms with Gasteiger partial charge in [-0.05, 0) is 68.9 Å². The minimum absolute atomic E-state index is 0.0391. The second-order valence-corrected chi connectivity index (χ2v) is 16.7. The molecule has 3 aliphatic rings. The lowest BCUT2D eigenvalue weighted by Crippen LogP contribution is -2.59. The molecule has 2 N–H and O–H groups in total. The molecule has 0 saturated carbocycles. The van der Waals surface area contributed by atoms with Gasteiger partial charge < -0.3 is 39.3 Å². The van der Waals surface area contributed by atoms with Crippen molar-refractivity contribution in [1.82, 2.24) is 10.2 Å². The number of methoxy groups -OCH3 is 1. The van der Waals surface area contributed by atoms with Crippen molar-refractivity contribution in [2.75, 3.05) is 49.8 Å². The lowest BCUT2D eigenvalue weighted by Gasteiger charge is -2.40. The maximum Gasteiger partial charge on any atom is 0.313 e. The monoisotopic (exact) mass is 850 g/mol. The molecule has 2 aromatic carbocycles. The standard InChI is InChI=1S/C44H59BrN4O8/c1-8-12-18-35(51)46-34(27-55-7)38(29-16-14-13-15-17-29)56-43(54)36-37-41(52)49(32(26-50)24-28(5)6)40(44(37)25-33(45)39(36)57-44)42(53)48(23-9-2)31-21-19-30(20-22-31)47(10-3)11-4/h8-9,13-17,19-22,28,32-34,36-40,50H,1-2,10-12,18,23-27H2,3-7H3,(H,46,51)/t32-,33?,34-,36+,37-,38-,39+,40+,44-/m1/s1. The number of hydrogen-bond acceptors (Lipinski definition) is 9. The van der Waals surface area contributed by atoms with Crippen LogP contribution < -0.4 is 15.1 Å². The second kappa shape index (κ2) is 19.6. The van der Waals surface area contributed by atoms with Crippen LogP contribution in [0.4, 0.5) is 11.4 Å². The van der Waals surface area contributed by atoms with Crippen LogP contribution >= 0.6 is 15.9 Å². The number of rotatable bonds is 21. The zero-order chi connectivity index (χ0) is 41.4. The molecule has 12 nitrogen and oxygen atoms in total. The highest BCUT2D eigenvalue weighted by Gasteiger charge is 2.77. The number of nitrogens with one attached hydrogen (secondary N) is 1. The number of likely N-dealkylation sites (tertiary alicyclic amines) is 1. The summed E-state index contributed by atoms with van der Waals surface area (Å²) < 4.78 is 18.7. The number of aliphatic hydroxyl groups is 1. The number of hydrogen-bond donors (Lipinski definition) is 2. The molecular formula is C44H59BrN4O8. The highest BCUT2D eigenvalue weighted by molar-refractivity contribution is 9.09. The molecule has 310 valence electrons. The fourth-order valence-corrected chi connectivity index (χ4v) is 9.93. The Balaban J connectivity index is 1.56. The summed E-state index contributed by atoms with van der Waals surface area (Å²) in [6.45, 7) is 17.3. The number of allylic oxidation sites excluding steroid dienone is 1. The quantitative estimate of drug-likeness (QED) is 0.0937. The molecule has 5 rings (SSSR count). The Kier molecular flexibility index (Phi) is 15.2. The van der Waals surface area contributed by atoms with E-state index in [1.54, 1.807) is 29.2 Å². The molecule has 9 atom stereocenters. The molecule has 1 unspecified atom stereocenters. The van der Waals surface area contributed by atoms with Crippen LogP contribution in [0.3, 0.4) is 0 Å². The van der Waals surface area contributed by atoms with Gasteiger partial charge in [-0.1, -0.05) is 72.3 Å². The van der Waals surface area contributed by atoms with Gasteiger partial charge in [-0.2, -0.15) is 0 Å². The molecule has 2 bridgehead atoms. The largest absolute Gasteiger partial charge is 0.455 e. The van der Waals surface area contributed by atoms with Crippen molar-refractivity contribution in [3.8, 4) is 0 Å². The molecule has 0 radical (unpaired) electrons. The van der Waals surface area contributed by atoms with Gasteiger partial charge in [-0.15, -0.1) is 13.2 Å². The number of carbonyl (C=O) groups is 4. The number of aliphatic hydroxyl groups excluding tert-OH is 1. The van der Waals surface area contributed by atoms with Crippen molar-refractivity contribution in [3.05, 3.63) is 85.5 Å². The minimum Gasteiger partial charge on any atom is -0.455 e. The Hall–Kier alpha value is -4.04. The molecule has 2 aromatic rings. The summed E-state index contributed by atoms with van der Waals surface area (Å²) in [7, 11) is 1.50. The fraction of sp³-hybridized carbons (Fsp3) is 0.545. The van der Waals surface area contributed by atoms with E-state index in [-0.39, 0.29) is 50.3 Å². The number of nitrogens with zero attached hydrogens (tertiary/aromatic N) is 3. The Bertz CT molecular complexity index is 1720. The highest BCUT2D eigenvalue weighted by Crippen LogP contribution is 2.61. The summed E-state index contributed by atoms with van der Waals surface area (Å²) in [5.74, 6) is -3.86. The van der Waals surface area contributed by atoms with Crippen LogP contribution in [0.1, 0.15) is 65.0 Å². The van der Waals surface area contributed by atoms with E-state index in [4.69, 9.17) is 14.2 Å². The molecule has 0 aliphatic carbocycles. The van der Waals surface area contributed by atoms with Crippen LogP contribution in [0.5, 0.6) is 0 Å². The van der Waals surface area contributed by atoms with Gasteiger partial charge in [0.1, 0.15) is 17.7 Å². The summed E-state index contributed by atoms with van der Waals surface area (Å²) in [4.78, 5) is 63.0. The van der Waals surface area contributed by atoms with Crippen LogP contribution in [0.15, 0.2) is 79.9 Å². The first-order chi connectivity index (χ1) is 27.4. The van der Waals surface area contributed by atoms with Crippen molar-refractivity contribution in [3.63, 3.8) is 0 Å². The average molecular weight is 852 g/mol. The Morgan fingerprint density at radius 1 is 1.07 bits per heavy atom. The lowest BCUT2D eigenvalue weighted by molar-refractivity contribution is -0.163. The van der Waals surface area contributed by atoms with E-state index in [9.17, 15) is 14.7 Å². The van der Waals surface area contributed by atoms with E-state index in [0.29, 0.717) is 24.1 Å². The van der Waals surface area contributed by atoms with Crippen molar-refractivity contribution in [2.45, 2.75) is 94.1 Å². The number of halogens is 1. The normalized spacial score (nSPS) is 25.1. The summed E-state index contributed by atoms with van der Waals surface area (Å²) in [5, 5.41) is 13.8. The lowest BCUT2D eigenvalue weighted by atomic mass is 9.70. The van der Waals surface area contributed by atoms with E-state index >= 15 is 9.59 Å². The zero-order valence-electron chi connectivity index (χ0n) is 33.8. The van der Waals surface area contributed by atoms with Crippen LogP contribution in [0.2, 0.25) is 0 Å². The van der Waals surface area contributed by atoms with E-state index in [0.717, 1.165) is 18.8 Å². The third-order valence-corrected chi connectivity index (χ3v) is 12.3. The fourth-order valence-electron chi connectivity index (χ4n) is 8.99. The average Bonchev–Trinajstić information content (AvgIpc) is 3.81. The van der Waals surface area contributed by atoms with Gasteiger partial charge in [0.25, 0.3) is 5.91 Å². The van der Waals surface area contributed by atoms with Crippen LogP contribution in [0, 0.1) is 17.8 Å². The van der Waals surface area contributed by atoms with E-state index in [1.807, 2.05) is 56.3 Å². The van der Waals surface area contributed by atoms with Crippen LogP contribution in [-0.4, -0.2) is 108 Å². The summed E-state index contributed by atoms with van der Waals surface area (Å²) in [6.07, 6.45) is 2.89. The predicted molar refractivity (Wildman–Crippen MR) is 224 cm³/mol. The number of alkyl halides is 1. The topological polar surface area (TPSA) is 138 Å². The molecule has 3 fully saturated rings. The molecule has 13 heteroatoms. The van der Waals surface area contributed by atoms with E-state index in [1.165, 1.54) is 12.0 Å². The van der Waals surface area contributed by atoms with Gasteiger partial charge in [0.05, 0.1) is 43.2 Å². The number of carbonyl (C=O) groups excluding carboxylic acids is 4. The number of benzene rings is 2. The number of fused-ring (bicyclic) bond motifs is 1. The van der Waals surface area contributed by atoms with Crippen molar-refractivity contribution >= 4 is 51.0 Å². The Labute approximate surface area is 345 Å². The van der Waals surface area contributed by atoms with Gasteiger partial charge in [-0.3, -0.25) is 19.2 Å². The number of ether oxygens (including phenoxy) is 3. The maximum absolute atomic E-state index is 15.3. The van der Waals surface area contributed by atoms with Crippen molar-refractivity contribution in [1.29, 1.82) is 0 Å². The molecule has 1 spiro atoms. The van der Waals surface area contributed by atoms with Crippen molar-refractivity contribution in [2.24, 2.45) is 17.8 Å². The first-order valence-electron chi connectivity index (χ1n) is 20.1. The summed E-state index contributed by atoms with van der Waals surface area (Å²) in [5.41, 5.74) is 0.858. The van der Waals surface area contributed by atoms with Crippen LogP contribution in [0.25, 0.3) is 0 Å². The predicted octanol–water partition coefficient (Wildman–Crippen LogP) is 5.59. The Morgan fingerprint density at radius 2 is 1.74 bits per heavy atom. The third kappa shape index (κ3) is 9.01. The SMILES string of the molecule is C=CCCC(=O)N[C@H](COC)[C@H](OC(=O)[C@@H]1[C@H]2O[C@@]3(CC2Br)[C@H](C(=O)N(CC=C)c2ccc(N(CC)CC)cc2)N([C@@H](CO)CC(C)C)C(=O)[C@@H]13)c1ccccc1. The first-order valence-corrected chi connectivity index (χ1v) is 21.0. The molecular weight excluding hydrogens is 792 g/mol. The Morgan fingerprint density at radius 3 is 2.32 bits per heavy atom. The molecule has 3 amide bonds. The summed E-state index contributed by atoms with van der Waals surface area (Å²) >= 11 is 3.77. The number of anilines is 2. The van der Waals surface area contributed by atoms with Gasteiger partial charge in [0.15, 0.2) is 0 Å². The van der Waals surface area contributed by atoms with E-state index in [2.05, 4.69) is 53.2 Å². The molecule has 3 heterocycles. The van der Waals surface area contributed by atoms with Gasteiger partial charge >= 0.3 is 5.97 Å². The third-order valence-electron chi connectivity index (χ3n) is 11.5. The van der Waals surface area contributed by atoms with Gasteiger partial charge in [0.2, 0.25) is 11.8 Å². The minimum atomic E-state index is -1.41. The second-order valence-electron chi connectivity index (χ2n) is 15.5. The first kappa shape index (κ1) is 44.1. The molecule has 3 saturated heterocycles. The van der Waals surface area contributed by atoms with Gasteiger partial charge in [0, 0.05) is 49.4 Å². The molecule has 0 aromatic heterocycles.